The van der Waals surface area contributed by atoms with Crippen LogP contribution in [-0.4, -0.2) is 22.0 Å². The van der Waals surface area contributed by atoms with Gasteiger partial charge in [-0.15, -0.1) is 0 Å². The maximum atomic E-state index is 10.8. The van der Waals surface area contributed by atoms with E-state index in [0.29, 0.717) is 11.4 Å². The van der Waals surface area contributed by atoms with E-state index in [2.05, 4.69) is 12.0 Å². The average molecular weight is 274 g/mol. The molecule has 1 aromatic carbocycles. The summed E-state index contributed by atoms with van der Waals surface area (Å²) in [6, 6.07) is 8.10. The third-order valence-electron chi connectivity index (χ3n) is 3.50. The molecule has 1 aromatic heterocycles. The van der Waals surface area contributed by atoms with Crippen LogP contribution in [0.2, 0.25) is 0 Å². The van der Waals surface area contributed by atoms with Gasteiger partial charge in [-0.1, -0.05) is 31.2 Å². The Kier molecular flexibility index (Phi) is 4.45. The van der Waals surface area contributed by atoms with Gasteiger partial charge in [0.25, 0.3) is 0 Å². The molecule has 4 nitrogen and oxygen atoms in total. The molecule has 1 atom stereocenters. The predicted molar refractivity (Wildman–Crippen MR) is 79.0 cm³/mol. The number of benzene rings is 1. The van der Waals surface area contributed by atoms with E-state index in [-0.39, 0.29) is 6.04 Å². The van der Waals surface area contributed by atoms with Crippen LogP contribution in [0.3, 0.4) is 0 Å². The first-order valence-corrected chi connectivity index (χ1v) is 6.97. The van der Waals surface area contributed by atoms with Crippen LogP contribution in [0.25, 0.3) is 0 Å². The molecule has 1 unspecified atom stereocenters. The second-order valence-electron chi connectivity index (χ2n) is 5.09. The van der Waals surface area contributed by atoms with Crippen LogP contribution in [0.4, 0.5) is 0 Å². The summed E-state index contributed by atoms with van der Waals surface area (Å²) < 4.78 is 7.16. The highest BCUT2D eigenvalue weighted by Gasteiger charge is 2.24. The summed E-state index contributed by atoms with van der Waals surface area (Å²) >= 11 is 0. The fourth-order valence-corrected chi connectivity index (χ4v) is 2.45. The van der Waals surface area contributed by atoms with Crippen LogP contribution in [0.15, 0.2) is 30.5 Å². The minimum atomic E-state index is -0.731. The highest BCUT2D eigenvalue weighted by atomic mass is 16.5. The van der Waals surface area contributed by atoms with Gasteiger partial charge < -0.3 is 9.84 Å². The van der Waals surface area contributed by atoms with Crippen molar-refractivity contribution < 1.29 is 9.84 Å². The maximum absolute atomic E-state index is 10.8. The zero-order chi connectivity index (χ0) is 14.7. The van der Waals surface area contributed by atoms with Gasteiger partial charge in [0, 0.05) is 6.04 Å². The Morgan fingerprint density at radius 3 is 2.60 bits per heavy atom. The number of nitrogens with zero attached hydrogens (tertiary/aromatic N) is 2. The molecular formula is C16H22N2O2. The number of methoxy groups -OCH3 is 1. The first-order valence-electron chi connectivity index (χ1n) is 6.97. The van der Waals surface area contributed by atoms with Crippen LogP contribution in [-0.2, 0) is 6.42 Å². The fraction of sp³-hybridized carbons (Fsp3) is 0.438. The standard InChI is InChI=1S/C16H22N2O2/c1-5-12-8-6-7-9-13(12)16(19)15-14(20-4)10-17-18(15)11(2)3/h6-11,16,19H,5H2,1-4H3. The van der Waals surface area contributed by atoms with Crippen molar-refractivity contribution in [3.8, 4) is 5.75 Å². The molecule has 0 saturated carbocycles. The first-order chi connectivity index (χ1) is 9.60. The van der Waals surface area contributed by atoms with Crippen LogP contribution < -0.4 is 4.74 Å². The molecule has 0 aliphatic heterocycles. The van der Waals surface area contributed by atoms with E-state index >= 15 is 0 Å². The van der Waals surface area contributed by atoms with Crippen LogP contribution in [0, 0.1) is 0 Å². The molecule has 1 N–H and O–H groups in total. The SMILES string of the molecule is CCc1ccccc1C(O)c1c(OC)cnn1C(C)C. The number of aromatic nitrogens is 2. The van der Waals surface area contributed by atoms with Crippen molar-refractivity contribution >= 4 is 0 Å². The highest BCUT2D eigenvalue weighted by molar-refractivity contribution is 5.39. The Bertz CT molecular complexity index is 576. The van der Waals surface area contributed by atoms with E-state index in [1.54, 1.807) is 13.3 Å². The summed E-state index contributed by atoms with van der Waals surface area (Å²) in [5.41, 5.74) is 2.76. The van der Waals surface area contributed by atoms with Crippen molar-refractivity contribution in [3.05, 3.63) is 47.3 Å². The molecule has 20 heavy (non-hydrogen) atoms. The number of rotatable bonds is 5. The quantitative estimate of drug-likeness (QED) is 0.911. The lowest BCUT2D eigenvalue weighted by atomic mass is 9.98. The summed E-state index contributed by atoms with van der Waals surface area (Å²) in [5.74, 6) is 0.622. The zero-order valence-corrected chi connectivity index (χ0v) is 12.5. The lowest BCUT2D eigenvalue weighted by molar-refractivity contribution is 0.198. The molecule has 0 fully saturated rings. The molecule has 0 aliphatic rings. The Labute approximate surface area is 120 Å². The van der Waals surface area contributed by atoms with E-state index in [9.17, 15) is 5.11 Å². The average Bonchev–Trinajstić information content (AvgIpc) is 2.90. The molecule has 2 rings (SSSR count). The second-order valence-corrected chi connectivity index (χ2v) is 5.09. The molecule has 0 saturated heterocycles. The summed E-state index contributed by atoms with van der Waals surface area (Å²) in [6.07, 6.45) is 1.81. The van der Waals surface area contributed by atoms with Crippen molar-refractivity contribution in [2.24, 2.45) is 0 Å². The number of hydrogen-bond acceptors (Lipinski definition) is 3. The Hall–Kier alpha value is -1.81. The minimum absolute atomic E-state index is 0.164. The monoisotopic (exact) mass is 274 g/mol. The van der Waals surface area contributed by atoms with Gasteiger partial charge in [0.05, 0.1) is 13.3 Å². The van der Waals surface area contributed by atoms with Gasteiger partial charge in [0.15, 0.2) is 5.75 Å². The van der Waals surface area contributed by atoms with Gasteiger partial charge in [-0.2, -0.15) is 5.10 Å². The minimum Gasteiger partial charge on any atom is -0.493 e. The summed E-state index contributed by atoms with van der Waals surface area (Å²) in [4.78, 5) is 0. The van der Waals surface area contributed by atoms with E-state index in [0.717, 1.165) is 17.5 Å². The smallest absolute Gasteiger partial charge is 0.163 e. The van der Waals surface area contributed by atoms with Crippen molar-refractivity contribution in [1.29, 1.82) is 0 Å². The molecule has 0 spiro atoms. The number of aliphatic hydroxyl groups excluding tert-OH is 1. The summed E-state index contributed by atoms with van der Waals surface area (Å²) in [5, 5.41) is 15.1. The molecule has 0 bridgehead atoms. The molecule has 0 amide bonds. The second kappa shape index (κ2) is 6.09. The van der Waals surface area contributed by atoms with Crippen molar-refractivity contribution in [1.82, 2.24) is 9.78 Å². The summed E-state index contributed by atoms with van der Waals surface area (Å²) in [7, 11) is 1.60. The fourth-order valence-electron chi connectivity index (χ4n) is 2.45. The number of aliphatic hydroxyl groups is 1. The zero-order valence-electron chi connectivity index (χ0n) is 12.5. The van der Waals surface area contributed by atoms with Gasteiger partial charge in [-0.3, -0.25) is 4.68 Å². The third-order valence-corrected chi connectivity index (χ3v) is 3.50. The molecular weight excluding hydrogens is 252 g/mol. The molecule has 2 aromatic rings. The van der Waals surface area contributed by atoms with Gasteiger partial charge in [-0.05, 0) is 31.4 Å². The van der Waals surface area contributed by atoms with E-state index in [4.69, 9.17) is 4.74 Å². The highest BCUT2D eigenvalue weighted by Crippen LogP contribution is 2.33. The van der Waals surface area contributed by atoms with Crippen LogP contribution in [0.1, 0.15) is 49.7 Å². The molecule has 4 heteroatoms. The lowest BCUT2D eigenvalue weighted by Crippen LogP contribution is -2.14. The van der Waals surface area contributed by atoms with Crippen LogP contribution >= 0.6 is 0 Å². The Morgan fingerprint density at radius 1 is 1.30 bits per heavy atom. The molecule has 1 heterocycles. The van der Waals surface area contributed by atoms with Gasteiger partial charge in [0.1, 0.15) is 11.8 Å². The topological polar surface area (TPSA) is 47.3 Å². The van der Waals surface area contributed by atoms with Crippen molar-refractivity contribution in [2.75, 3.05) is 7.11 Å². The van der Waals surface area contributed by atoms with Crippen molar-refractivity contribution in [2.45, 2.75) is 39.3 Å². The Balaban J connectivity index is 2.52. The van der Waals surface area contributed by atoms with Crippen molar-refractivity contribution in [3.63, 3.8) is 0 Å². The van der Waals surface area contributed by atoms with E-state index in [1.165, 1.54) is 0 Å². The molecule has 0 aliphatic carbocycles. The normalized spacial score (nSPS) is 12.7. The Morgan fingerprint density at radius 2 is 2.00 bits per heavy atom. The van der Waals surface area contributed by atoms with E-state index < -0.39 is 6.10 Å². The number of aryl methyl sites for hydroxylation is 1. The predicted octanol–water partition coefficient (Wildman–Crippen LogP) is 3.12. The van der Waals surface area contributed by atoms with Gasteiger partial charge >= 0.3 is 0 Å². The largest absolute Gasteiger partial charge is 0.493 e. The number of hydrogen-bond donors (Lipinski definition) is 1. The number of ether oxygens (including phenoxy) is 1. The van der Waals surface area contributed by atoms with Gasteiger partial charge in [0.2, 0.25) is 0 Å². The maximum Gasteiger partial charge on any atom is 0.163 e. The molecule has 108 valence electrons. The van der Waals surface area contributed by atoms with Crippen LogP contribution in [0.5, 0.6) is 5.75 Å². The molecule has 0 radical (unpaired) electrons. The van der Waals surface area contributed by atoms with Gasteiger partial charge in [-0.25, -0.2) is 0 Å². The summed E-state index contributed by atoms with van der Waals surface area (Å²) in [6.45, 7) is 6.16. The first kappa shape index (κ1) is 14.6. The van der Waals surface area contributed by atoms with E-state index in [1.807, 2.05) is 42.8 Å². The lowest BCUT2D eigenvalue weighted by Gasteiger charge is -2.19. The third kappa shape index (κ3) is 2.56.